The van der Waals surface area contributed by atoms with Crippen LogP contribution in [0.15, 0.2) is 24.3 Å². The smallest absolute Gasteiger partial charge is 0.250 e. The highest BCUT2D eigenvalue weighted by atomic mass is 16.2. The number of nitrogens with zero attached hydrogens (tertiary/aromatic N) is 1. The Morgan fingerprint density at radius 2 is 2.00 bits per heavy atom. The number of hydrogen-bond acceptors (Lipinski definition) is 2. The molecular weight excluding hydrogens is 204 g/mol. The summed E-state index contributed by atoms with van der Waals surface area (Å²) in [6, 6.07) is 6.98. The molecule has 84 valence electrons. The highest BCUT2D eigenvalue weighted by molar-refractivity contribution is 6.04. The number of hydrogen-bond donors (Lipinski definition) is 1. The molecule has 2 rings (SSSR count). The number of carbonyl (C=O) groups excluding carboxylic acids is 2. The number of amides is 2. The van der Waals surface area contributed by atoms with Gasteiger partial charge in [-0.15, -0.1) is 0 Å². The molecule has 0 bridgehead atoms. The van der Waals surface area contributed by atoms with Crippen LogP contribution in [0.3, 0.4) is 0 Å². The molecule has 1 aliphatic rings. The SMILES string of the molecule is NC(=O)c1ccccc1N1CCCCC1=O. The van der Waals surface area contributed by atoms with Gasteiger partial charge in [0.1, 0.15) is 0 Å². The van der Waals surface area contributed by atoms with Gasteiger partial charge in [0.05, 0.1) is 11.3 Å². The first kappa shape index (κ1) is 10.7. The average Bonchev–Trinajstić information content (AvgIpc) is 2.29. The van der Waals surface area contributed by atoms with Crippen LogP contribution in [0, 0.1) is 0 Å². The summed E-state index contributed by atoms with van der Waals surface area (Å²) in [6.07, 6.45) is 2.44. The standard InChI is InChI=1S/C12H14N2O2/c13-12(16)9-5-1-2-6-10(9)14-8-4-3-7-11(14)15/h1-2,5-6H,3-4,7-8H2,(H2,13,16). The van der Waals surface area contributed by atoms with Crippen molar-refractivity contribution < 1.29 is 9.59 Å². The number of carbonyl (C=O) groups is 2. The van der Waals surface area contributed by atoms with E-state index >= 15 is 0 Å². The number of primary amides is 1. The lowest BCUT2D eigenvalue weighted by molar-refractivity contribution is -0.119. The topological polar surface area (TPSA) is 63.4 Å². The lowest BCUT2D eigenvalue weighted by Crippen LogP contribution is -2.36. The molecule has 1 fully saturated rings. The number of benzene rings is 1. The Morgan fingerprint density at radius 1 is 1.25 bits per heavy atom. The van der Waals surface area contributed by atoms with Crippen molar-refractivity contribution in [3.63, 3.8) is 0 Å². The van der Waals surface area contributed by atoms with Crippen LogP contribution in [0.1, 0.15) is 29.6 Å². The van der Waals surface area contributed by atoms with Gasteiger partial charge in [-0.05, 0) is 25.0 Å². The molecule has 1 heterocycles. The van der Waals surface area contributed by atoms with E-state index in [-0.39, 0.29) is 5.91 Å². The Hall–Kier alpha value is -1.84. The zero-order chi connectivity index (χ0) is 11.5. The largest absolute Gasteiger partial charge is 0.366 e. The third-order valence-corrected chi connectivity index (χ3v) is 2.78. The van der Waals surface area contributed by atoms with E-state index in [0.29, 0.717) is 24.2 Å². The number of para-hydroxylation sites is 1. The highest BCUT2D eigenvalue weighted by Gasteiger charge is 2.22. The maximum atomic E-state index is 11.7. The van der Waals surface area contributed by atoms with Crippen LogP contribution in [0.25, 0.3) is 0 Å². The molecule has 16 heavy (non-hydrogen) atoms. The molecule has 0 unspecified atom stereocenters. The minimum atomic E-state index is -0.492. The van der Waals surface area contributed by atoms with Crippen LogP contribution in [-0.4, -0.2) is 18.4 Å². The molecule has 2 N–H and O–H groups in total. The summed E-state index contributed by atoms with van der Waals surface area (Å²) >= 11 is 0. The first-order valence-corrected chi connectivity index (χ1v) is 5.39. The summed E-state index contributed by atoms with van der Waals surface area (Å²) in [6.45, 7) is 0.670. The molecule has 2 amide bonds. The maximum absolute atomic E-state index is 11.7. The van der Waals surface area contributed by atoms with Crippen molar-refractivity contribution in [3.8, 4) is 0 Å². The lowest BCUT2D eigenvalue weighted by atomic mass is 10.1. The van der Waals surface area contributed by atoms with E-state index in [2.05, 4.69) is 0 Å². The Balaban J connectivity index is 2.38. The first-order valence-electron chi connectivity index (χ1n) is 5.39. The fourth-order valence-electron chi connectivity index (χ4n) is 1.98. The molecule has 0 aromatic heterocycles. The van der Waals surface area contributed by atoms with Crippen LogP contribution in [0.5, 0.6) is 0 Å². The number of piperidine rings is 1. The highest BCUT2D eigenvalue weighted by Crippen LogP contribution is 2.24. The molecule has 0 spiro atoms. The van der Waals surface area contributed by atoms with Crippen molar-refractivity contribution in [3.05, 3.63) is 29.8 Å². The number of anilines is 1. The second-order valence-electron chi connectivity index (χ2n) is 3.88. The first-order chi connectivity index (χ1) is 7.70. The van der Waals surface area contributed by atoms with E-state index in [4.69, 9.17) is 5.73 Å². The van der Waals surface area contributed by atoms with Crippen molar-refractivity contribution in [1.29, 1.82) is 0 Å². The van der Waals surface area contributed by atoms with Gasteiger partial charge < -0.3 is 10.6 Å². The van der Waals surface area contributed by atoms with Gasteiger partial charge in [-0.1, -0.05) is 12.1 Å². The van der Waals surface area contributed by atoms with E-state index in [1.165, 1.54) is 0 Å². The van der Waals surface area contributed by atoms with Gasteiger partial charge in [0, 0.05) is 13.0 Å². The average molecular weight is 218 g/mol. The molecule has 0 aliphatic carbocycles. The summed E-state index contributed by atoms with van der Waals surface area (Å²) in [7, 11) is 0. The molecule has 4 nitrogen and oxygen atoms in total. The van der Waals surface area contributed by atoms with Gasteiger partial charge in [0.15, 0.2) is 0 Å². The molecule has 1 aromatic rings. The molecule has 4 heteroatoms. The van der Waals surface area contributed by atoms with Gasteiger partial charge >= 0.3 is 0 Å². The second kappa shape index (κ2) is 4.35. The quantitative estimate of drug-likeness (QED) is 0.813. The minimum Gasteiger partial charge on any atom is -0.366 e. The molecule has 1 aliphatic heterocycles. The summed E-state index contributed by atoms with van der Waals surface area (Å²) < 4.78 is 0. The Morgan fingerprint density at radius 3 is 2.69 bits per heavy atom. The van der Waals surface area contributed by atoms with Crippen LogP contribution >= 0.6 is 0 Å². The molecule has 1 aromatic carbocycles. The van der Waals surface area contributed by atoms with E-state index < -0.39 is 5.91 Å². The fraction of sp³-hybridized carbons (Fsp3) is 0.333. The molecular formula is C12H14N2O2. The third-order valence-electron chi connectivity index (χ3n) is 2.78. The number of nitrogens with two attached hydrogens (primary N) is 1. The normalized spacial score (nSPS) is 16.2. The second-order valence-corrected chi connectivity index (χ2v) is 3.88. The minimum absolute atomic E-state index is 0.0694. The summed E-state index contributed by atoms with van der Waals surface area (Å²) in [4.78, 5) is 24.7. The van der Waals surface area contributed by atoms with Gasteiger partial charge in [0.25, 0.3) is 5.91 Å². The van der Waals surface area contributed by atoms with Crippen molar-refractivity contribution in [2.75, 3.05) is 11.4 Å². The third kappa shape index (κ3) is 1.91. The van der Waals surface area contributed by atoms with Crippen molar-refractivity contribution in [1.82, 2.24) is 0 Å². The lowest BCUT2D eigenvalue weighted by Gasteiger charge is -2.28. The van der Waals surface area contributed by atoms with E-state index in [1.807, 2.05) is 6.07 Å². The Labute approximate surface area is 94.0 Å². The summed E-state index contributed by atoms with van der Waals surface area (Å²) in [5.74, 6) is -0.422. The van der Waals surface area contributed by atoms with Crippen molar-refractivity contribution in [2.24, 2.45) is 5.73 Å². The fourth-order valence-corrected chi connectivity index (χ4v) is 1.98. The zero-order valence-electron chi connectivity index (χ0n) is 8.98. The van der Waals surface area contributed by atoms with Gasteiger partial charge in [-0.25, -0.2) is 0 Å². The van der Waals surface area contributed by atoms with Gasteiger partial charge in [-0.2, -0.15) is 0 Å². The van der Waals surface area contributed by atoms with Crippen molar-refractivity contribution >= 4 is 17.5 Å². The van der Waals surface area contributed by atoms with E-state index in [1.54, 1.807) is 23.1 Å². The molecule has 0 saturated carbocycles. The van der Waals surface area contributed by atoms with Crippen LogP contribution in [-0.2, 0) is 4.79 Å². The summed E-state index contributed by atoms with van der Waals surface area (Å²) in [5, 5.41) is 0. The predicted octanol–water partition coefficient (Wildman–Crippen LogP) is 1.30. The van der Waals surface area contributed by atoms with Crippen LogP contribution in [0.2, 0.25) is 0 Å². The monoisotopic (exact) mass is 218 g/mol. The Kier molecular flexibility index (Phi) is 2.90. The Bertz CT molecular complexity index is 429. The van der Waals surface area contributed by atoms with Gasteiger partial charge in [0.2, 0.25) is 5.91 Å². The molecule has 0 radical (unpaired) electrons. The molecule has 1 saturated heterocycles. The summed E-state index contributed by atoms with van der Waals surface area (Å²) in [5.41, 5.74) is 6.34. The van der Waals surface area contributed by atoms with Gasteiger partial charge in [-0.3, -0.25) is 9.59 Å². The molecule has 0 atom stereocenters. The van der Waals surface area contributed by atoms with Crippen LogP contribution < -0.4 is 10.6 Å². The zero-order valence-corrected chi connectivity index (χ0v) is 8.98. The van der Waals surface area contributed by atoms with E-state index in [0.717, 1.165) is 12.8 Å². The van der Waals surface area contributed by atoms with Crippen LogP contribution in [0.4, 0.5) is 5.69 Å². The van der Waals surface area contributed by atoms with Crippen molar-refractivity contribution in [2.45, 2.75) is 19.3 Å². The van der Waals surface area contributed by atoms with E-state index in [9.17, 15) is 9.59 Å². The maximum Gasteiger partial charge on any atom is 0.250 e. The number of rotatable bonds is 2. The predicted molar refractivity (Wildman–Crippen MR) is 61.2 cm³/mol.